The van der Waals surface area contributed by atoms with Crippen LogP contribution in [0.5, 0.6) is 0 Å². The molecule has 0 amide bonds. The molecule has 0 radical (unpaired) electrons. The van der Waals surface area contributed by atoms with Crippen LogP contribution in [0.3, 0.4) is 0 Å². The van der Waals surface area contributed by atoms with Crippen molar-refractivity contribution < 1.29 is 10.0 Å². The van der Waals surface area contributed by atoms with Gasteiger partial charge in [0.05, 0.1) is 0 Å². The van der Waals surface area contributed by atoms with Crippen LogP contribution in [0.15, 0.2) is 36.4 Å². The fourth-order valence-electron chi connectivity index (χ4n) is 3.27. The van der Waals surface area contributed by atoms with Gasteiger partial charge in [0, 0.05) is 0 Å². The van der Waals surface area contributed by atoms with Gasteiger partial charge in [0.1, 0.15) is 0 Å². The van der Waals surface area contributed by atoms with Crippen molar-refractivity contribution in [3.05, 3.63) is 53.1 Å². The summed E-state index contributed by atoms with van der Waals surface area (Å²) in [5, 5.41) is 21.2. The maximum absolute atomic E-state index is 9.53. The molecule has 0 saturated heterocycles. The summed E-state index contributed by atoms with van der Waals surface area (Å²) in [7, 11) is -1.42. The molecule has 92 valence electrons. The van der Waals surface area contributed by atoms with Crippen LogP contribution in [-0.2, 0) is 6.42 Å². The van der Waals surface area contributed by atoms with E-state index in [1.165, 1.54) is 27.6 Å². The van der Waals surface area contributed by atoms with Crippen LogP contribution >= 0.6 is 0 Å². The molecular formula is C16H13BO2. The second-order valence-electron chi connectivity index (χ2n) is 5.18. The van der Waals surface area contributed by atoms with Gasteiger partial charge in [-0.15, -0.1) is 0 Å². The van der Waals surface area contributed by atoms with Gasteiger partial charge in [-0.05, 0) is 51.3 Å². The minimum atomic E-state index is -1.42. The Hall–Kier alpha value is -1.84. The fraction of sp³-hybridized carbons (Fsp3) is 0.125. The van der Waals surface area contributed by atoms with Crippen LogP contribution in [0.1, 0.15) is 23.1 Å². The highest BCUT2D eigenvalue weighted by Gasteiger charge is 2.23. The van der Waals surface area contributed by atoms with Crippen molar-refractivity contribution in [1.29, 1.82) is 0 Å². The Kier molecular flexibility index (Phi) is 2.22. The zero-order chi connectivity index (χ0) is 13.0. The number of rotatable bonds is 1. The van der Waals surface area contributed by atoms with Gasteiger partial charge in [-0.3, -0.25) is 0 Å². The molecule has 0 heterocycles. The zero-order valence-corrected chi connectivity index (χ0v) is 10.4. The summed E-state index contributed by atoms with van der Waals surface area (Å²) >= 11 is 0. The maximum atomic E-state index is 9.53. The van der Waals surface area contributed by atoms with Gasteiger partial charge in [0.2, 0.25) is 0 Å². The molecule has 2 aliphatic carbocycles. The van der Waals surface area contributed by atoms with E-state index in [0.29, 0.717) is 5.46 Å². The molecule has 0 aromatic heterocycles. The molecule has 2 aromatic carbocycles. The SMILES string of the molecule is OB(O)c1ccc2c3c4c(ccc13)C=CCC4=CC2. The summed E-state index contributed by atoms with van der Waals surface area (Å²) < 4.78 is 0. The van der Waals surface area contributed by atoms with Crippen LogP contribution in [0, 0.1) is 0 Å². The normalized spacial score (nSPS) is 15.6. The van der Waals surface area contributed by atoms with Gasteiger partial charge in [0.15, 0.2) is 0 Å². The summed E-state index contributed by atoms with van der Waals surface area (Å²) in [4.78, 5) is 0. The van der Waals surface area contributed by atoms with Crippen LogP contribution in [0.2, 0.25) is 0 Å². The molecule has 2 aromatic rings. The molecule has 0 aliphatic heterocycles. The van der Waals surface area contributed by atoms with E-state index in [9.17, 15) is 10.0 Å². The predicted octanol–water partition coefficient (Wildman–Crippen LogP) is 1.88. The number of hydrogen-bond acceptors (Lipinski definition) is 2. The van der Waals surface area contributed by atoms with Gasteiger partial charge in [-0.25, -0.2) is 0 Å². The van der Waals surface area contributed by atoms with E-state index in [1.54, 1.807) is 0 Å². The minimum Gasteiger partial charge on any atom is -0.423 e. The van der Waals surface area contributed by atoms with Crippen molar-refractivity contribution in [3.8, 4) is 0 Å². The van der Waals surface area contributed by atoms with Gasteiger partial charge in [0.25, 0.3) is 0 Å². The molecule has 0 saturated carbocycles. The standard InChI is InChI=1S/C16H13BO2/c18-17(19)14-9-7-12-5-4-10-2-1-3-11-6-8-13(14)16(12)15(10)11/h1,3-4,6-9,18-19H,2,5H2. The highest BCUT2D eigenvalue weighted by Crippen LogP contribution is 2.39. The molecule has 0 unspecified atom stereocenters. The largest absolute Gasteiger partial charge is 0.489 e. The van der Waals surface area contributed by atoms with Gasteiger partial charge in [-0.2, -0.15) is 0 Å². The molecule has 0 atom stereocenters. The lowest BCUT2D eigenvalue weighted by Crippen LogP contribution is -2.31. The maximum Gasteiger partial charge on any atom is 0.489 e. The lowest BCUT2D eigenvalue weighted by molar-refractivity contribution is 0.426. The first-order chi connectivity index (χ1) is 9.25. The Bertz CT molecular complexity index is 757. The average molecular weight is 248 g/mol. The number of benzene rings is 2. The molecule has 0 spiro atoms. The Labute approximate surface area is 111 Å². The summed E-state index contributed by atoms with van der Waals surface area (Å²) in [6.45, 7) is 0. The molecule has 2 N–H and O–H groups in total. The van der Waals surface area contributed by atoms with Gasteiger partial charge in [-0.1, -0.05) is 42.5 Å². The lowest BCUT2D eigenvalue weighted by atomic mass is 9.73. The highest BCUT2D eigenvalue weighted by atomic mass is 16.4. The van der Waals surface area contributed by atoms with Gasteiger partial charge < -0.3 is 10.0 Å². The summed E-state index contributed by atoms with van der Waals surface area (Å²) in [6.07, 6.45) is 8.54. The Balaban J connectivity index is 2.18. The topological polar surface area (TPSA) is 40.5 Å². The van der Waals surface area contributed by atoms with Crippen molar-refractivity contribution in [2.24, 2.45) is 0 Å². The second-order valence-corrected chi connectivity index (χ2v) is 5.18. The van der Waals surface area contributed by atoms with Gasteiger partial charge >= 0.3 is 7.12 Å². The molecule has 0 bridgehead atoms. The quantitative estimate of drug-likeness (QED) is 0.756. The smallest absolute Gasteiger partial charge is 0.423 e. The molecule has 19 heavy (non-hydrogen) atoms. The minimum absolute atomic E-state index is 0.595. The number of allylic oxidation sites excluding steroid dienone is 3. The Morgan fingerprint density at radius 3 is 2.74 bits per heavy atom. The van der Waals surface area contributed by atoms with Crippen LogP contribution in [-0.4, -0.2) is 17.2 Å². The fourth-order valence-corrected chi connectivity index (χ4v) is 3.27. The molecule has 2 aliphatic rings. The summed E-state index contributed by atoms with van der Waals surface area (Å²) in [5.74, 6) is 0. The second kappa shape index (κ2) is 3.83. The van der Waals surface area contributed by atoms with Crippen LogP contribution < -0.4 is 5.46 Å². The third kappa shape index (κ3) is 1.46. The first-order valence-corrected chi connectivity index (χ1v) is 6.56. The highest BCUT2D eigenvalue weighted by molar-refractivity contribution is 6.62. The Morgan fingerprint density at radius 1 is 1.00 bits per heavy atom. The van der Waals surface area contributed by atoms with Crippen LogP contribution in [0.4, 0.5) is 0 Å². The van der Waals surface area contributed by atoms with Crippen molar-refractivity contribution >= 4 is 35.0 Å². The third-order valence-electron chi connectivity index (χ3n) is 4.14. The molecule has 2 nitrogen and oxygen atoms in total. The molecule has 4 rings (SSSR count). The monoisotopic (exact) mass is 248 g/mol. The molecule has 0 fully saturated rings. The van der Waals surface area contributed by atoms with Crippen molar-refractivity contribution in [2.45, 2.75) is 12.8 Å². The first kappa shape index (κ1) is 11.0. The Morgan fingerprint density at radius 2 is 1.89 bits per heavy atom. The van der Waals surface area contributed by atoms with Crippen molar-refractivity contribution in [1.82, 2.24) is 0 Å². The molecule has 3 heteroatoms. The predicted molar refractivity (Wildman–Crippen MR) is 79.1 cm³/mol. The average Bonchev–Trinajstić information content (AvgIpc) is 2.44. The summed E-state index contributed by atoms with van der Waals surface area (Å²) in [5.41, 5.74) is 5.74. The zero-order valence-electron chi connectivity index (χ0n) is 10.4. The van der Waals surface area contributed by atoms with E-state index in [1.807, 2.05) is 18.2 Å². The van der Waals surface area contributed by atoms with E-state index >= 15 is 0 Å². The van der Waals surface area contributed by atoms with E-state index in [2.05, 4.69) is 24.3 Å². The van der Waals surface area contributed by atoms with E-state index in [0.717, 1.165) is 18.2 Å². The van der Waals surface area contributed by atoms with E-state index < -0.39 is 7.12 Å². The van der Waals surface area contributed by atoms with E-state index in [4.69, 9.17) is 0 Å². The molecular weight excluding hydrogens is 235 g/mol. The third-order valence-corrected chi connectivity index (χ3v) is 4.14. The van der Waals surface area contributed by atoms with E-state index in [-0.39, 0.29) is 0 Å². The lowest BCUT2D eigenvalue weighted by Gasteiger charge is -2.24. The first-order valence-electron chi connectivity index (χ1n) is 6.56. The summed E-state index contributed by atoms with van der Waals surface area (Å²) in [6, 6.07) is 7.92. The van der Waals surface area contributed by atoms with Crippen molar-refractivity contribution in [2.75, 3.05) is 0 Å². The van der Waals surface area contributed by atoms with Crippen molar-refractivity contribution in [3.63, 3.8) is 0 Å². The number of hydrogen-bond donors (Lipinski definition) is 2. The van der Waals surface area contributed by atoms with Crippen LogP contribution in [0.25, 0.3) is 22.4 Å².